The third kappa shape index (κ3) is 4.25. The van der Waals surface area contributed by atoms with Crippen LogP contribution in [0.5, 0.6) is 5.75 Å². The second kappa shape index (κ2) is 7.22. The van der Waals surface area contributed by atoms with Crippen molar-refractivity contribution in [2.45, 2.75) is 43.7 Å². The first-order valence-electron chi connectivity index (χ1n) is 8.52. The highest BCUT2D eigenvalue weighted by atomic mass is 35.5. The molecule has 0 heterocycles. The van der Waals surface area contributed by atoms with Gasteiger partial charge in [-0.2, -0.15) is 0 Å². The molecule has 0 unspecified atom stereocenters. The average molecular weight is 367 g/mol. The number of halogens is 1. The van der Waals surface area contributed by atoms with Crippen LogP contribution in [0.25, 0.3) is 0 Å². The van der Waals surface area contributed by atoms with Crippen molar-refractivity contribution >= 4 is 23.4 Å². The maximum atomic E-state index is 12.0. The highest BCUT2D eigenvalue weighted by Crippen LogP contribution is 2.60. The van der Waals surface area contributed by atoms with E-state index in [0.717, 1.165) is 25.7 Å². The Balaban J connectivity index is 1.35. The van der Waals surface area contributed by atoms with Crippen molar-refractivity contribution in [3.05, 3.63) is 29.3 Å². The van der Waals surface area contributed by atoms with E-state index < -0.39 is 0 Å². The smallest absolute Gasteiger partial charge is 0.258 e. The minimum atomic E-state index is -0.183. The van der Waals surface area contributed by atoms with E-state index in [2.05, 4.69) is 10.6 Å². The minimum Gasteiger partial charge on any atom is -0.484 e. The van der Waals surface area contributed by atoms with E-state index in [1.165, 1.54) is 0 Å². The Labute approximate surface area is 152 Å². The molecule has 3 aliphatic rings. The van der Waals surface area contributed by atoms with Crippen LogP contribution in [0.4, 0.5) is 0 Å². The summed E-state index contributed by atoms with van der Waals surface area (Å²) in [5.74, 6) is 0.368. The molecule has 0 spiro atoms. The van der Waals surface area contributed by atoms with Gasteiger partial charge in [0.25, 0.3) is 5.91 Å². The number of hydrogen-bond acceptors (Lipinski definition) is 4. The lowest BCUT2D eigenvalue weighted by Crippen LogP contribution is -2.84. The number of carbonyl (C=O) groups is 2. The van der Waals surface area contributed by atoms with Gasteiger partial charge in [-0.3, -0.25) is 9.59 Å². The molecule has 3 aliphatic carbocycles. The van der Waals surface area contributed by atoms with Gasteiger partial charge >= 0.3 is 0 Å². The summed E-state index contributed by atoms with van der Waals surface area (Å²) in [6.07, 6.45) is 3.20. The van der Waals surface area contributed by atoms with Crippen LogP contribution in [0.2, 0.25) is 5.02 Å². The van der Waals surface area contributed by atoms with E-state index in [9.17, 15) is 9.59 Å². The van der Waals surface area contributed by atoms with Crippen molar-refractivity contribution < 1.29 is 19.1 Å². The van der Waals surface area contributed by atoms with Crippen molar-refractivity contribution in [2.75, 3.05) is 19.8 Å². The van der Waals surface area contributed by atoms with Gasteiger partial charge in [-0.25, -0.2) is 0 Å². The van der Waals surface area contributed by atoms with E-state index >= 15 is 0 Å². The van der Waals surface area contributed by atoms with Crippen LogP contribution in [-0.2, 0) is 14.3 Å². The molecule has 2 N–H and O–H groups in total. The molecule has 1 aromatic rings. The number of hydrogen-bond donors (Lipinski definition) is 2. The summed E-state index contributed by atoms with van der Waals surface area (Å²) in [6, 6.07) is 6.88. The zero-order valence-corrected chi connectivity index (χ0v) is 15.0. The molecule has 0 aliphatic heterocycles. The van der Waals surface area contributed by atoms with Crippen LogP contribution in [-0.4, -0.2) is 42.7 Å². The van der Waals surface area contributed by atoms with Crippen LogP contribution in [0.3, 0.4) is 0 Å². The summed E-state index contributed by atoms with van der Waals surface area (Å²) in [5, 5.41) is 6.66. The molecule has 0 aromatic heterocycles. The van der Waals surface area contributed by atoms with Gasteiger partial charge in [0.05, 0.1) is 0 Å². The molecule has 0 radical (unpaired) electrons. The first kappa shape index (κ1) is 18.0. The van der Waals surface area contributed by atoms with E-state index in [0.29, 0.717) is 17.4 Å². The molecule has 3 fully saturated rings. The van der Waals surface area contributed by atoms with Crippen LogP contribution in [0, 0.1) is 0 Å². The predicted molar refractivity (Wildman–Crippen MR) is 93.7 cm³/mol. The highest BCUT2D eigenvalue weighted by molar-refractivity contribution is 6.30. The number of carbonyl (C=O) groups excluding carboxylic acids is 2. The van der Waals surface area contributed by atoms with Gasteiger partial charge in [-0.1, -0.05) is 18.5 Å². The molecule has 0 atom stereocenters. The second-order valence-corrected chi connectivity index (χ2v) is 7.42. The molecule has 2 bridgehead atoms. The summed E-state index contributed by atoms with van der Waals surface area (Å²) >= 11 is 5.81. The lowest BCUT2D eigenvalue weighted by molar-refractivity contribution is -0.152. The molecule has 0 saturated heterocycles. The summed E-state index contributed by atoms with van der Waals surface area (Å²) in [5.41, 5.74) is -0.338. The Kier molecular flexibility index (Phi) is 5.20. The van der Waals surface area contributed by atoms with E-state index in [4.69, 9.17) is 21.1 Å². The fourth-order valence-electron chi connectivity index (χ4n) is 3.71. The maximum absolute atomic E-state index is 12.0. The summed E-state index contributed by atoms with van der Waals surface area (Å²) in [7, 11) is 0. The third-order valence-corrected chi connectivity index (χ3v) is 4.86. The SMILES string of the molecule is CCCOCC(=O)NC12CC(NC(=O)COc3ccc(Cl)cc3)(C1)C2. The first-order chi connectivity index (χ1) is 11.9. The fourth-order valence-corrected chi connectivity index (χ4v) is 3.83. The topological polar surface area (TPSA) is 76.7 Å². The molecule has 136 valence electrons. The van der Waals surface area contributed by atoms with Crippen molar-refractivity contribution in [2.24, 2.45) is 0 Å². The maximum Gasteiger partial charge on any atom is 0.258 e. The number of ether oxygens (including phenoxy) is 2. The minimum absolute atomic E-state index is 0.0341. The zero-order chi connectivity index (χ0) is 17.9. The monoisotopic (exact) mass is 366 g/mol. The Morgan fingerprint density at radius 1 is 1.04 bits per heavy atom. The lowest BCUT2D eigenvalue weighted by atomic mass is 9.44. The van der Waals surface area contributed by atoms with Gasteiger partial charge in [0.2, 0.25) is 5.91 Å². The van der Waals surface area contributed by atoms with E-state index in [1.807, 2.05) is 6.92 Å². The number of amides is 2. The van der Waals surface area contributed by atoms with Crippen LogP contribution < -0.4 is 15.4 Å². The van der Waals surface area contributed by atoms with Crippen molar-refractivity contribution in [3.63, 3.8) is 0 Å². The average Bonchev–Trinajstić information content (AvgIpc) is 2.51. The molecule has 7 heteroatoms. The zero-order valence-electron chi connectivity index (χ0n) is 14.3. The molecular weight excluding hydrogens is 344 g/mol. The van der Waals surface area contributed by atoms with E-state index in [-0.39, 0.29) is 36.1 Å². The first-order valence-corrected chi connectivity index (χ1v) is 8.90. The Morgan fingerprint density at radius 3 is 2.16 bits per heavy atom. The molecule has 25 heavy (non-hydrogen) atoms. The fraction of sp³-hybridized carbons (Fsp3) is 0.556. The Bertz CT molecular complexity index is 627. The molecule has 2 amide bonds. The normalized spacial score (nSPS) is 26.2. The summed E-state index contributed by atoms with van der Waals surface area (Å²) < 4.78 is 10.7. The van der Waals surface area contributed by atoms with Crippen molar-refractivity contribution in [1.29, 1.82) is 0 Å². The largest absolute Gasteiger partial charge is 0.484 e. The number of rotatable bonds is 9. The van der Waals surface area contributed by atoms with Crippen molar-refractivity contribution in [3.8, 4) is 5.75 Å². The van der Waals surface area contributed by atoms with Gasteiger partial charge in [0.15, 0.2) is 6.61 Å². The van der Waals surface area contributed by atoms with Crippen molar-refractivity contribution in [1.82, 2.24) is 10.6 Å². The van der Waals surface area contributed by atoms with Gasteiger partial charge in [-0.15, -0.1) is 0 Å². The molecule has 4 rings (SSSR count). The summed E-state index contributed by atoms with van der Waals surface area (Å²) in [6.45, 7) is 2.66. The Morgan fingerprint density at radius 2 is 1.60 bits per heavy atom. The van der Waals surface area contributed by atoms with Gasteiger partial charge in [0, 0.05) is 22.7 Å². The van der Waals surface area contributed by atoms with Crippen LogP contribution in [0.15, 0.2) is 24.3 Å². The predicted octanol–water partition coefficient (Wildman–Crippen LogP) is 2.05. The quantitative estimate of drug-likeness (QED) is 0.656. The Hall–Kier alpha value is -1.79. The lowest BCUT2D eigenvalue weighted by Gasteiger charge is -2.70. The molecule has 6 nitrogen and oxygen atoms in total. The third-order valence-electron chi connectivity index (χ3n) is 4.60. The highest BCUT2D eigenvalue weighted by Gasteiger charge is 2.69. The molecular formula is C18H23ClN2O4. The van der Waals surface area contributed by atoms with Crippen LogP contribution >= 0.6 is 11.6 Å². The second-order valence-electron chi connectivity index (χ2n) is 6.98. The summed E-state index contributed by atoms with van der Waals surface area (Å²) in [4.78, 5) is 23.9. The number of benzene rings is 1. The van der Waals surface area contributed by atoms with Crippen LogP contribution in [0.1, 0.15) is 32.6 Å². The van der Waals surface area contributed by atoms with Gasteiger partial charge in [-0.05, 0) is 49.9 Å². The molecule has 1 aromatic carbocycles. The number of nitrogens with one attached hydrogen (secondary N) is 2. The van der Waals surface area contributed by atoms with Gasteiger partial charge in [0.1, 0.15) is 12.4 Å². The van der Waals surface area contributed by atoms with E-state index in [1.54, 1.807) is 24.3 Å². The van der Waals surface area contributed by atoms with Gasteiger partial charge < -0.3 is 20.1 Å². The molecule has 3 saturated carbocycles. The standard InChI is InChI=1S/C18H23ClN2O4/c1-2-7-24-8-15(22)20-17-10-18(11-17,12-17)21-16(23)9-25-14-5-3-13(19)4-6-14/h3-6H,2,7-12H2,1H3,(H,20,22)(H,21,23).